The lowest BCUT2D eigenvalue weighted by Crippen LogP contribution is -2.15. The minimum atomic E-state index is -1.00. The number of nitrogens with two attached hydrogens (primary N) is 1. The Morgan fingerprint density at radius 2 is 1.95 bits per heavy atom. The molecule has 0 fully saturated rings. The minimum Gasteiger partial charge on any atom is -0.481 e. The van der Waals surface area contributed by atoms with Crippen molar-refractivity contribution in [3.63, 3.8) is 0 Å². The summed E-state index contributed by atoms with van der Waals surface area (Å²) >= 11 is 0. The van der Waals surface area contributed by atoms with Gasteiger partial charge in [-0.05, 0) is 36.2 Å². The molecule has 5 heteroatoms. The number of halogens is 2. The SMILES string of the molecule is Cc1cc(-c2ccc(F)cc2F)cc([C@@H](N)CC(=O)O)c1. The summed E-state index contributed by atoms with van der Waals surface area (Å²) in [7, 11) is 0. The van der Waals surface area contributed by atoms with Crippen molar-refractivity contribution in [1.82, 2.24) is 0 Å². The van der Waals surface area contributed by atoms with E-state index in [1.54, 1.807) is 18.2 Å². The molecule has 2 rings (SSSR count). The Labute approximate surface area is 121 Å². The molecule has 2 aromatic rings. The van der Waals surface area contributed by atoms with Gasteiger partial charge in [0.2, 0.25) is 0 Å². The first-order chi connectivity index (χ1) is 9.86. The van der Waals surface area contributed by atoms with Crippen molar-refractivity contribution in [1.29, 1.82) is 0 Å². The van der Waals surface area contributed by atoms with Gasteiger partial charge in [-0.1, -0.05) is 17.7 Å². The van der Waals surface area contributed by atoms with Crippen LogP contribution in [0.25, 0.3) is 11.1 Å². The largest absolute Gasteiger partial charge is 0.481 e. The lowest BCUT2D eigenvalue weighted by atomic mass is 9.95. The van der Waals surface area contributed by atoms with Crippen LogP contribution in [0.5, 0.6) is 0 Å². The molecule has 0 amide bonds. The lowest BCUT2D eigenvalue weighted by Gasteiger charge is -2.13. The molecule has 0 radical (unpaired) electrons. The summed E-state index contributed by atoms with van der Waals surface area (Å²) in [5.74, 6) is -2.32. The van der Waals surface area contributed by atoms with E-state index in [1.807, 2.05) is 6.92 Å². The summed E-state index contributed by atoms with van der Waals surface area (Å²) in [5, 5.41) is 8.79. The second-order valence-electron chi connectivity index (χ2n) is 4.96. The molecule has 1 atom stereocenters. The number of aryl methyl sites for hydroxylation is 1. The molecule has 0 aliphatic heterocycles. The number of carbonyl (C=O) groups is 1. The van der Waals surface area contributed by atoms with E-state index in [4.69, 9.17) is 10.8 Å². The Hall–Kier alpha value is -2.27. The number of aliphatic carboxylic acids is 1. The van der Waals surface area contributed by atoms with Crippen LogP contribution in [0.1, 0.15) is 23.6 Å². The number of hydrogen-bond acceptors (Lipinski definition) is 2. The van der Waals surface area contributed by atoms with Gasteiger partial charge < -0.3 is 10.8 Å². The number of benzene rings is 2. The third-order valence-corrected chi connectivity index (χ3v) is 3.16. The highest BCUT2D eigenvalue weighted by atomic mass is 19.1. The molecule has 110 valence electrons. The Morgan fingerprint density at radius 3 is 2.57 bits per heavy atom. The van der Waals surface area contributed by atoms with Crippen LogP contribution in [0.4, 0.5) is 8.78 Å². The van der Waals surface area contributed by atoms with Crippen LogP contribution in [0, 0.1) is 18.6 Å². The molecule has 0 saturated carbocycles. The average Bonchev–Trinajstić information content (AvgIpc) is 2.37. The maximum absolute atomic E-state index is 13.8. The summed E-state index contributed by atoms with van der Waals surface area (Å²) < 4.78 is 26.8. The molecule has 3 nitrogen and oxygen atoms in total. The Balaban J connectivity index is 2.45. The van der Waals surface area contributed by atoms with Gasteiger partial charge >= 0.3 is 5.97 Å². The summed E-state index contributed by atoms with van der Waals surface area (Å²) in [6, 6.07) is 7.81. The molecule has 2 aromatic carbocycles. The molecule has 21 heavy (non-hydrogen) atoms. The second-order valence-corrected chi connectivity index (χ2v) is 4.96. The number of carboxylic acids is 1. The number of carboxylic acid groups (broad SMARTS) is 1. The quantitative estimate of drug-likeness (QED) is 0.907. The first-order valence-electron chi connectivity index (χ1n) is 6.41. The zero-order valence-electron chi connectivity index (χ0n) is 11.4. The highest BCUT2D eigenvalue weighted by molar-refractivity contribution is 5.69. The maximum Gasteiger partial charge on any atom is 0.305 e. The van der Waals surface area contributed by atoms with Crippen LogP contribution in [0.2, 0.25) is 0 Å². The standard InChI is InChI=1S/C16H15F2NO2/c1-9-4-10(13-3-2-12(17)7-14(13)18)6-11(5-9)15(19)8-16(20)21/h2-7,15H,8,19H2,1H3,(H,20,21)/t15-/m0/s1. The normalized spacial score (nSPS) is 12.2. The smallest absolute Gasteiger partial charge is 0.305 e. The minimum absolute atomic E-state index is 0.213. The van der Waals surface area contributed by atoms with Crippen molar-refractivity contribution < 1.29 is 18.7 Å². The van der Waals surface area contributed by atoms with Crippen LogP contribution in [-0.2, 0) is 4.79 Å². The topological polar surface area (TPSA) is 63.3 Å². The second kappa shape index (κ2) is 6.01. The fourth-order valence-corrected chi connectivity index (χ4v) is 2.21. The van der Waals surface area contributed by atoms with Gasteiger partial charge in [-0.2, -0.15) is 0 Å². The highest BCUT2D eigenvalue weighted by Gasteiger charge is 2.14. The van der Waals surface area contributed by atoms with Gasteiger partial charge in [0.05, 0.1) is 6.42 Å². The van der Waals surface area contributed by atoms with Crippen LogP contribution < -0.4 is 5.73 Å². The number of hydrogen-bond donors (Lipinski definition) is 2. The summed E-state index contributed by atoms with van der Waals surface area (Å²) in [4.78, 5) is 10.7. The van der Waals surface area contributed by atoms with E-state index in [2.05, 4.69) is 0 Å². The van der Waals surface area contributed by atoms with Gasteiger partial charge in [0.25, 0.3) is 0 Å². The molecular weight excluding hydrogens is 276 g/mol. The van der Waals surface area contributed by atoms with Gasteiger partial charge in [-0.3, -0.25) is 4.79 Å². The Morgan fingerprint density at radius 1 is 1.24 bits per heavy atom. The average molecular weight is 291 g/mol. The van der Waals surface area contributed by atoms with E-state index >= 15 is 0 Å². The number of rotatable bonds is 4. The molecule has 0 spiro atoms. The first kappa shape index (κ1) is 15.1. The summed E-state index contributed by atoms with van der Waals surface area (Å²) in [6.45, 7) is 1.81. The zero-order valence-corrected chi connectivity index (χ0v) is 11.4. The summed E-state index contributed by atoms with van der Waals surface area (Å²) in [6.07, 6.45) is -0.213. The van der Waals surface area contributed by atoms with Gasteiger partial charge in [0, 0.05) is 17.7 Å². The van der Waals surface area contributed by atoms with Crippen molar-refractivity contribution in [2.45, 2.75) is 19.4 Å². The van der Waals surface area contributed by atoms with E-state index in [1.165, 1.54) is 12.1 Å². The van der Waals surface area contributed by atoms with Crippen molar-refractivity contribution in [3.05, 3.63) is 59.2 Å². The van der Waals surface area contributed by atoms with Crippen LogP contribution in [-0.4, -0.2) is 11.1 Å². The van der Waals surface area contributed by atoms with Crippen LogP contribution >= 0.6 is 0 Å². The highest BCUT2D eigenvalue weighted by Crippen LogP contribution is 2.28. The maximum atomic E-state index is 13.8. The molecule has 3 N–H and O–H groups in total. The predicted molar refractivity (Wildman–Crippen MR) is 75.7 cm³/mol. The van der Waals surface area contributed by atoms with E-state index < -0.39 is 23.6 Å². The third kappa shape index (κ3) is 3.64. The van der Waals surface area contributed by atoms with Crippen LogP contribution in [0.3, 0.4) is 0 Å². The summed E-state index contributed by atoms with van der Waals surface area (Å²) in [5.41, 5.74) is 8.07. The molecule has 0 unspecified atom stereocenters. The van der Waals surface area contributed by atoms with Gasteiger partial charge in [0.1, 0.15) is 11.6 Å². The van der Waals surface area contributed by atoms with E-state index in [-0.39, 0.29) is 12.0 Å². The Kier molecular flexibility index (Phi) is 4.33. The van der Waals surface area contributed by atoms with Crippen molar-refractivity contribution in [2.75, 3.05) is 0 Å². The van der Waals surface area contributed by atoms with Gasteiger partial charge in [0.15, 0.2) is 0 Å². The monoisotopic (exact) mass is 291 g/mol. The van der Waals surface area contributed by atoms with Crippen LogP contribution in [0.15, 0.2) is 36.4 Å². The van der Waals surface area contributed by atoms with Gasteiger partial charge in [-0.25, -0.2) is 8.78 Å². The molecule has 0 bridgehead atoms. The molecule has 0 heterocycles. The van der Waals surface area contributed by atoms with Crippen molar-refractivity contribution in [3.8, 4) is 11.1 Å². The van der Waals surface area contributed by atoms with E-state index in [0.717, 1.165) is 11.6 Å². The fourth-order valence-electron chi connectivity index (χ4n) is 2.21. The Bertz CT molecular complexity index is 686. The van der Waals surface area contributed by atoms with Gasteiger partial charge in [-0.15, -0.1) is 0 Å². The van der Waals surface area contributed by atoms with Crippen molar-refractivity contribution >= 4 is 5.97 Å². The molecule has 0 saturated heterocycles. The van der Waals surface area contributed by atoms with Crippen molar-refractivity contribution in [2.24, 2.45) is 5.73 Å². The molecule has 0 aromatic heterocycles. The fraction of sp³-hybridized carbons (Fsp3) is 0.188. The lowest BCUT2D eigenvalue weighted by molar-refractivity contribution is -0.137. The van der Waals surface area contributed by atoms with E-state index in [9.17, 15) is 13.6 Å². The molecule has 0 aliphatic rings. The molecular formula is C16H15F2NO2. The first-order valence-corrected chi connectivity index (χ1v) is 6.41. The zero-order chi connectivity index (χ0) is 15.6. The van der Waals surface area contributed by atoms with E-state index in [0.29, 0.717) is 11.1 Å². The molecule has 0 aliphatic carbocycles. The predicted octanol–water partition coefficient (Wildman–Crippen LogP) is 3.41. The third-order valence-electron chi connectivity index (χ3n) is 3.16.